The Balaban J connectivity index is 2.34. The predicted molar refractivity (Wildman–Crippen MR) is 85.5 cm³/mol. The lowest BCUT2D eigenvalue weighted by atomic mass is 10.1. The molecule has 1 aliphatic rings. The second kappa shape index (κ2) is 5.38. The van der Waals surface area contributed by atoms with Crippen LogP contribution < -0.4 is 10.6 Å². The molecule has 0 aliphatic carbocycles. The topological polar surface area (TPSA) is 63.4 Å². The van der Waals surface area contributed by atoms with Crippen LogP contribution in [0.3, 0.4) is 0 Å². The summed E-state index contributed by atoms with van der Waals surface area (Å²) in [6.07, 6.45) is 0.645. The van der Waals surface area contributed by atoms with Gasteiger partial charge in [0, 0.05) is 28.8 Å². The van der Waals surface area contributed by atoms with Gasteiger partial charge in [0.1, 0.15) is 4.99 Å². The highest BCUT2D eigenvalue weighted by Crippen LogP contribution is 2.28. The maximum absolute atomic E-state index is 11.6. The molecule has 2 rings (SSSR count). The molecule has 0 amide bonds. The van der Waals surface area contributed by atoms with E-state index in [-0.39, 0.29) is 17.5 Å². The van der Waals surface area contributed by atoms with Gasteiger partial charge in [-0.25, -0.2) is 8.42 Å². The van der Waals surface area contributed by atoms with E-state index in [0.717, 1.165) is 15.7 Å². The van der Waals surface area contributed by atoms with E-state index in [0.29, 0.717) is 11.4 Å². The van der Waals surface area contributed by atoms with Crippen LogP contribution in [0, 0.1) is 0 Å². The molecule has 104 valence electrons. The SMILES string of the molecule is CN(c1ccc(Br)cc1C(N)=S)C1CCS(=O)(=O)C1. The van der Waals surface area contributed by atoms with Crippen molar-refractivity contribution in [2.24, 2.45) is 5.73 Å². The van der Waals surface area contributed by atoms with Crippen molar-refractivity contribution in [2.45, 2.75) is 12.5 Å². The molecule has 1 atom stereocenters. The average Bonchev–Trinajstić information content (AvgIpc) is 2.68. The summed E-state index contributed by atoms with van der Waals surface area (Å²) in [5.74, 6) is 0.442. The first-order valence-corrected chi connectivity index (χ1v) is 8.85. The van der Waals surface area contributed by atoms with E-state index in [1.165, 1.54) is 0 Å². The molecule has 1 heterocycles. The zero-order valence-corrected chi connectivity index (χ0v) is 13.7. The Labute approximate surface area is 127 Å². The van der Waals surface area contributed by atoms with Crippen molar-refractivity contribution in [3.63, 3.8) is 0 Å². The summed E-state index contributed by atoms with van der Waals surface area (Å²) < 4.78 is 24.0. The summed E-state index contributed by atoms with van der Waals surface area (Å²) in [5.41, 5.74) is 7.37. The fraction of sp³-hybridized carbons (Fsp3) is 0.417. The van der Waals surface area contributed by atoms with E-state index < -0.39 is 9.84 Å². The molecule has 0 saturated carbocycles. The first-order valence-electron chi connectivity index (χ1n) is 5.83. The summed E-state index contributed by atoms with van der Waals surface area (Å²) in [4.78, 5) is 2.27. The van der Waals surface area contributed by atoms with Crippen molar-refractivity contribution in [1.29, 1.82) is 0 Å². The van der Waals surface area contributed by atoms with E-state index in [9.17, 15) is 8.42 Å². The number of nitrogens with two attached hydrogens (primary N) is 1. The number of rotatable bonds is 3. The molecular formula is C12H15BrN2O2S2. The van der Waals surface area contributed by atoms with Crippen LogP contribution in [-0.4, -0.2) is 38.0 Å². The molecule has 0 aromatic heterocycles. The van der Waals surface area contributed by atoms with Gasteiger partial charge in [0.2, 0.25) is 0 Å². The summed E-state index contributed by atoms with van der Waals surface area (Å²) in [5, 5.41) is 0. The Morgan fingerprint density at radius 3 is 2.74 bits per heavy atom. The van der Waals surface area contributed by atoms with Gasteiger partial charge in [0.15, 0.2) is 9.84 Å². The lowest BCUT2D eigenvalue weighted by Gasteiger charge is -2.27. The molecule has 2 N–H and O–H groups in total. The highest BCUT2D eigenvalue weighted by molar-refractivity contribution is 9.10. The molecule has 0 bridgehead atoms. The number of hydrogen-bond acceptors (Lipinski definition) is 4. The summed E-state index contributed by atoms with van der Waals surface area (Å²) >= 11 is 8.45. The Morgan fingerprint density at radius 2 is 2.21 bits per heavy atom. The Morgan fingerprint density at radius 1 is 1.53 bits per heavy atom. The van der Waals surface area contributed by atoms with Crippen molar-refractivity contribution >= 4 is 48.7 Å². The minimum absolute atomic E-state index is 0.0146. The zero-order chi connectivity index (χ0) is 14.2. The second-order valence-corrected chi connectivity index (χ2v) is 8.28. The van der Waals surface area contributed by atoms with E-state index >= 15 is 0 Å². The molecule has 1 fully saturated rings. The van der Waals surface area contributed by atoms with Gasteiger partial charge in [-0.2, -0.15) is 0 Å². The number of anilines is 1. The molecule has 7 heteroatoms. The third kappa shape index (κ3) is 3.27. The van der Waals surface area contributed by atoms with Crippen LogP contribution in [0.15, 0.2) is 22.7 Å². The lowest BCUT2D eigenvalue weighted by molar-refractivity contribution is 0.601. The zero-order valence-electron chi connectivity index (χ0n) is 10.5. The number of nitrogens with zero attached hydrogens (tertiary/aromatic N) is 1. The van der Waals surface area contributed by atoms with Crippen LogP contribution in [0.1, 0.15) is 12.0 Å². The van der Waals surface area contributed by atoms with Crippen molar-refractivity contribution < 1.29 is 8.42 Å². The first kappa shape index (κ1) is 14.7. The minimum atomic E-state index is -2.90. The van der Waals surface area contributed by atoms with Crippen LogP contribution in [0.2, 0.25) is 0 Å². The third-order valence-corrected chi connectivity index (χ3v) is 5.82. The molecule has 1 saturated heterocycles. The van der Waals surface area contributed by atoms with Crippen LogP contribution in [0.4, 0.5) is 5.69 Å². The van der Waals surface area contributed by atoms with E-state index in [2.05, 4.69) is 15.9 Å². The predicted octanol–water partition coefficient (Wildman–Crippen LogP) is 1.71. The maximum Gasteiger partial charge on any atom is 0.152 e. The molecule has 0 radical (unpaired) electrons. The summed E-state index contributed by atoms with van der Waals surface area (Å²) in [6.45, 7) is 0. The Hall–Kier alpha value is -0.660. The molecule has 0 spiro atoms. The first-order chi connectivity index (χ1) is 8.80. The van der Waals surface area contributed by atoms with Gasteiger partial charge in [-0.1, -0.05) is 28.1 Å². The van der Waals surface area contributed by atoms with Crippen molar-refractivity contribution in [3.8, 4) is 0 Å². The van der Waals surface area contributed by atoms with Crippen LogP contribution in [0.5, 0.6) is 0 Å². The fourth-order valence-corrected chi connectivity index (χ4v) is 4.59. The van der Waals surface area contributed by atoms with Gasteiger partial charge in [0.05, 0.1) is 11.5 Å². The number of thiocarbonyl (C=S) groups is 1. The molecule has 4 nitrogen and oxygen atoms in total. The van der Waals surface area contributed by atoms with Gasteiger partial charge in [-0.3, -0.25) is 0 Å². The standard InChI is InChI=1S/C12H15BrN2O2S2/c1-15(9-4-5-19(16,17)7-9)11-3-2-8(13)6-10(11)12(14)18/h2-3,6,9H,4-5,7H2,1H3,(H2,14,18). The Bertz CT molecular complexity index is 616. The van der Waals surface area contributed by atoms with E-state index in [1.54, 1.807) is 0 Å². The third-order valence-electron chi connectivity index (χ3n) is 3.36. The fourth-order valence-electron chi connectivity index (χ4n) is 2.29. The normalized spacial score (nSPS) is 21.3. The van der Waals surface area contributed by atoms with Gasteiger partial charge in [0.25, 0.3) is 0 Å². The van der Waals surface area contributed by atoms with Gasteiger partial charge in [-0.15, -0.1) is 0 Å². The number of hydrogen-bond donors (Lipinski definition) is 1. The summed E-state index contributed by atoms with van der Waals surface area (Å²) in [6, 6.07) is 5.65. The van der Waals surface area contributed by atoms with Gasteiger partial charge in [-0.05, 0) is 24.6 Å². The van der Waals surface area contributed by atoms with E-state index in [1.807, 2.05) is 30.1 Å². The van der Waals surface area contributed by atoms with Gasteiger partial charge < -0.3 is 10.6 Å². The van der Waals surface area contributed by atoms with E-state index in [4.69, 9.17) is 18.0 Å². The quantitative estimate of drug-likeness (QED) is 0.829. The number of benzene rings is 1. The average molecular weight is 363 g/mol. The molecule has 1 unspecified atom stereocenters. The largest absolute Gasteiger partial charge is 0.389 e. The molecular weight excluding hydrogens is 348 g/mol. The van der Waals surface area contributed by atoms with Crippen molar-refractivity contribution in [1.82, 2.24) is 0 Å². The van der Waals surface area contributed by atoms with Crippen LogP contribution in [-0.2, 0) is 9.84 Å². The second-order valence-electron chi connectivity index (χ2n) is 4.69. The molecule has 1 aromatic rings. The molecule has 1 aliphatic heterocycles. The monoisotopic (exact) mass is 362 g/mol. The smallest absolute Gasteiger partial charge is 0.152 e. The van der Waals surface area contributed by atoms with Gasteiger partial charge >= 0.3 is 0 Å². The number of sulfone groups is 1. The van der Waals surface area contributed by atoms with Crippen LogP contribution >= 0.6 is 28.1 Å². The van der Waals surface area contributed by atoms with Crippen molar-refractivity contribution in [2.75, 3.05) is 23.5 Å². The highest BCUT2D eigenvalue weighted by atomic mass is 79.9. The lowest BCUT2D eigenvalue weighted by Crippen LogP contribution is -2.34. The number of halogens is 1. The van der Waals surface area contributed by atoms with Crippen LogP contribution in [0.25, 0.3) is 0 Å². The Kier molecular flexibility index (Phi) is 4.17. The molecule has 19 heavy (non-hydrogen) atoms. The maximum atomic E-state index is 11.6. The minimum Gasteiger partial charge on any atom is -0.389 e. The summed E-state index contributed by atoms with van der Waals surface area (Å²) in [7, 11) is -1.02. The highest BCUT2D eigenvalue weighted by Gasteiger charge is 2.31. The molecule has 1 aromatic carbocycles. The van der Waals surface area contributed by atoms with Crippen molar-refractivity contribution in [3.05, 3.63) is 28.2 Å².